The van der Waals surface area contributed by atoms with E-state index in [-0.39, 0.29) is 5.54 Å². The molecule has 0 atom stereocenters. The zero-order valence-corrected chi connectivity index (χ0v) is 13.6. The summed E-state index contributed by atoms with van der Waals surface area (Å²) in [5.41, 5.74) is 0.176. The van der Waals surface area contributed by atoms with Crippen molar-refractivity contribution in [1.82, 2.24) is 10.3 Å². The van der Waals surface area contributed by atoms with E-state index >= 15 is 0 Å². The predicted molar refractivity (Wildman–Crippen MR) is 85.3 cm³/mol. The van der Waals surface area contributed by atoms with Crippen LogP contribution in [0.1, 0.15) is 44.9 Å². The Morgan fingerprint density at radius 1 is 1.30 bits per heavy atom. The maximum Gasteiger partial charge on any atom is 0.194 e. The summed E-state index contributed by atoms with van der Waals surface area (Å²) in [5, 5.41) is 3.47. The Balaban J connectivity index is 1.86. The summed E-state index contributed by atoms with van der Waals surface area (Å²) in [4.78, 5) is 6.93. The van der Waals surface area contributed by atoms with Crippen LogP contribution in [0.5, 0.6) is 0 Å². The van der Waals surface area contributed by atoms with Crippen LogP contribution < -0.4 is 5.32 Å². The van der Waals surface area contributed by atoms with Gasteiger partial charge in [0.2, 0.25) is 0 Å². The van der Waals surface area contributed by atoms with Gasteiger partial charge < -0.3 is 9.73 Å². The van der Waals surface area contributed by atoms with E-state index in [0.29, 0.717) is 0 Å². The Bertz CT molecular complexity index is 537. The van der Waals surface area contributed by atoms with Crippen molar-refractivity contribution in [2.45, 2.75) is 52.5 Å². The molecule has 0 spiro atoms. The Morgan fingerprint density at radius 2 is 2.10 bits per heavy atom. The fourth-order valence-corrected chi connectivity index (χ4v) is 2.84. The van der Waals surface area contributed by atoms with Crippen LogP contribution in [0, 0.1) is 0 Å². The van der Waals surface area contributed by atoms with Crippen molar-refractivity contribution in [3.8, 4) is 10.6 Å². The molecule has 0 aliphatic rings. The Labute approximate surface area is 125 Å². The number of hydrogen-bond donors (Lipinski definition) is 1. The van der Waals surface area contributed by atoms with Gasteiger partial charge in [0.25, 0.3) is 0 Å². The average molecular weight is 292 g/mol. The lowest BCUT2D eigenvalue weighted by molar-refractivity contribution is 0.413. The summed E-state index contributed by atoms with van der Waals surface area (Å²) in [5.74, 6) is 1.73. The number of aryl methyl sites for hydroxylation is 2. The van der Waals surface area contributed by atoms with Crippen molar-refractivity contribution >= 4 is 11.3 Å². The zero-order chi connectivity index (χ0) is 14.6. The van der Waals surface area contributed by atoms with Gasteiger partial charge in [0.15, 0.2) is 11.7 Å². The standard InChI is InChI=1S/C16H24N2OS/c1-5-12-8-9-14(20-12)13-11-17-15(19-13)7-6-10-18-16(2,3)4/h8-9,11,18H,5-7,10H2,1-4H3. The van der Waals surface area contributed by atoms with Crippen LogP contribution in [-0.2, 0) is 12.8 Å². The van der Waals surface area contributed by atoms with E-state index < -0.39 is 0 Å². The van der Waals surface area contributed by atoms with E-state index in [9.17, 15) is 0 Å². The summed E-state index contributed by atoms with van der Waals surface area (Å²) in [6, 6.07) is 4.28. The van der Waals surface area contributed by atoms with Crippen molar-refractivity contribution in [2.24, 2.45) is 0 Å². The highest BCUT2D eigenvalue weighted by Crippen LogP contribution is 2.29. The number of hydrogen-bond acceptors (Lipinski definition) is 4. The first kappa shape index (κ1) is 15.3. The van der Waals surface area contributed by atoms with Gasteiger partial charge in [-0.2, -0.15) is 0 Å². The van der Waals surface area contributed by atoms with Crippen LogP contribution in [0.4, 0.5) is 0 Å². The Kier molecular flexibility index (Phi) is 5.00. The molecule has 2 rings (SSSR count). The fourth-order valence-electron chi connectivity index (χ4n) is 1.94. The van der Waals surface area contributed by atoms with Crippen molar-refractivity contribution in [3.63, 3.8) is 0 Å². The highest BCUT2D eigenvalue weighted by molar-refractivity contribution is 7.15. The number of nitrogens with zero attached hydrogens (tertiary/aromatic N) is 1. The summed E-state index contributed by atoms with van der Waals surface area (Å²) < 4.78 is 5.83. The second-order valence-electron chi connectivity index (χ2n) is 6.02. The molecule has 0 saturated carbocycles. The number of rotatable bonds is 6. The van der Waals surface area contributed by atoms with Crippen LogP contribution in [0.3, 0.4) is 0 Å². The second kappa shape index (κ2) is 6.55. The topological polar surface area (TPSA) is 38.1 Å². The minimum atomic E-state index is 0.176. The van der Waals surface area contributed by atoms with Crippen LogP contribution in [0.25, 0.3) is 10.6 Å². The lowest BCUT2D eigenvalue weighted by atomic mass is 10.1. The van der Waals surface area contributed by atoms with Gasteiger partial charge in [-0.05, 0) is 52.3 Å². The summed E-state index contributed by atoms with van der Waals surface area (Å²) >= 11 is 1.78. The maximum atomic E-state index is 5.83. The largest absolute Gasteiger partial charge is 0.440 e. The zero-order valence-electron chi connectivity index (χ0n) is 12.8. The molecule has 0 aliphatic carbocycles. The molecular formula is C16H24N2OS. The Hall–Kier alpha value is -1.13. The van der Waals surface area contributed by atoms with Crippen LogP contribution in [0.15, 0.2) is 22.7 Å². The minimum absolute atomic E-state index is 0.176. The monoisotopic (exact) mass is 292 g/mol. The molecule has 0 bridgehead atoms. The number of oxazole rings is 1. The van der Waals surface area contributed by atoms with Crippen molar-refractivity contribution < 1.29 is 4.42 Å². The molecule has 0 unspecified atom stereocenters. The highest BCUT2D eigenvalue weighted by atomic mass is 32.1. The third-order valence-electron chi connectivity index (χ3n) is 3.03. The van der Waals surface area contributed by atoms with Gasteiger partial charge in [-0.25, -0.2) is 4.98 Å². The molecule has 110 valence electrons. The number of aromatic nitrogens is 1. The lowest BCUT2D eigenvalue weighted by Crippen LogP contribution is -2.36. The normalized spacial score (nSPS) is 12.0. The first-order chi connectivity index (χ1) is 9.48. The number of nitrogens with one attached hydrogen (secondary N) is 1. The van der Waals surface area contributed by atoms with Crippen molar-refractivity contribution in [2.75, 3.05) is 6.54 Å². The molecule has 20 heavy (non-hydrogen) atoms. The van der Waals surface area contributed by atoms with E-state index in [1.807, 2.05) is 6.20 Å². The first-order valence-corrected chi connectivity index (χ1v) is 8.08. The molecular weight excluding hydrogens is 268 g/mol. The van der Waals surface area contributed by atoms with E-state index in [4.69, 9.17) is 4.42 Å². The van der Waals surface area contributed by atoms with Gasteiger partial charge in [-0.1, -0.05) is 6.92 Å². The quantitative estimate of drug-likeness (QED) is 0.807. The minimum Gasteiger partial charge on any atom is -0.440 e. The molecule has 3 nitrogen and oxygen atoms in total. The number of thiophene rings is 1. The smallest absolute Gasteiger partial charge is 0.194 e. The molecule has 0 radical (unpaired) electrons. The van der Waals surface area contributed by atoms with E-state index in [0.717, 1.165) is 37.5 Å². The summed E-state index contributed by atoms with van der Waals surface area (Å²) in [6.07, 6.45) is 4.85. The lowest BCUT2D eigenvalue weighted by Gasteiger charge is -2.19. The van der Waals surface area contributed by atoms with Gasteiger partial charge in [-0.3, -0.25) is 0 Å². The van der Waals surface area contributed by atoms with Crippen molar-refractivity contribution in [1.29, 1.82) is 0 Å². The molecule has 0 aromatic carbocycles. The highest BCUT2D eigenvalue weighted by Gasteiger charge is 2.10. The van der Waals surface area contributed by atoms with Gasteiger partial charge in [0.05, 0.1) is 11.1 Å². The van der Waals surface area contributed by atoms with E-state index in [2.05, 4.69) is 50.1 Å². The van der Waals surface area contributed by atoms with Crippen LogP contribution >= 0.6 is 11.3 Å². The molecule has 2 aromatic rings. The van der Waals surface area contributed by atoms with Gasteiger partial charge in [0.1, 0.15) is 0 Å². The first-order valence-electron chi connectivity index (χ1n) is 7.27. The second-order valence-corrected chi connectivity index (χ2v) is 7.19. The van der Waals surface area contributed by atoms with Crippen LogP contribution in [-0.4, -0.2) is 17.1 Å². The maximum absolute atomic E-state index is 5.83. The molecule has 0 saturated heterocycles. The summed E-state index contributed by atoms with van der Waals surface area (Å²) in [7, 11) is 0. The molecule has 2 aromatic heterocycles. The third kappa shape index (κ3) is 4.46. The predicted octanol–water partition coefficient (Wildman–Crippen LogP) is 4.29. The van der Waals surface area contributed by atoms with E-state index in [1.165, 1.54) is 9.75 Å². The SMILES string of the molecule is CCc1ccc(-c2cnc(CCCNC(C)(C)C)o2)s1. The van der Waals surface area contributed by atoms with Gasteiger partial charge >= 0.3 is 0 Å². The molecule has 1 N–H and O–H groups in total. The van der Waals surface area contributed by atoms with Crippen LogP contribution in [0.2, 0.25) is 0 Å². The van der Waals surface area contributed by atoms with E-state index in [1.54, 1.807) is 11.3 Å². The molecule has 0 fully saturated rings. The van der Waals surface area contributed by atoms with Crippen molar-refractivity contribution in [3.05, 3.63) is 29.1 Å². The molecule has 0 amide bonds. The van der Waals surface area contributed by atoms with Gasteiger partial charge in [-0.15, -0.1) is 11.3 Å². The summed E-state index contributed by atoms with van der Waals surface area (Å²) in [6.45, 7) is 9.69. The molecule has 0 aliphatic heterocycles. The molecule has 4 heteroatoms. The van der Waals surface area contributed by atoms with Gasteiger partial charge in [0, 0.05) is 16.8 Å². The average Bonchev–Trinajstić information content (AvgIpc) is 3.02. The fraction of sp³-hybridized carbons (Fsp3) is 0.562. The molecule has 2 heterocycles. The Morgan fingerprint density at radius 3 is 2.75 bits per heavy atom. The third-order valence-corrected chi connectivity index (χ3v) is 4.27.